The van der Waals surface area contributed by atoms with E-state index in [4.69, 9.17) is 4.74 Å². The highest BCUT2D eigenvalue weighted by molar-refractivity contribution is 5.74. The second kappa shape index (κ2) is 4.74. The SMILES string of the molecule is CC(C)(C)OC(=O)C1C2CNCC1C(F)NC2F. The van der Waals surface area contributed by atoms with Gasteiger partial charge < -0.3 is 10.1 Å². The van der Waals surface area contributed by atoms with E-state index in [0.717, 1.165) is 0 Å². The van der Waals surface area contributed by atoms with Gasteiger partial charge in [-0.05, 0) is 20.8 Å². The van der Waals surface area contributed by atoms with Crippen LogP contribution in [0.1, 0.15) is 20.8 Å². The Hall–Kier alpha value is -0.750. The first kappa shape index (κ1) is 13.7. The molecule has 0 amide bonds. The number of carbonyl (C=O) groups is 1. The topological polar surface area (TPSA) is 50.4 Å². The molecule has 18 heavy (non-hydrogen) atoms. The minimum atomic E-state index is -1.51. The Morgan fingerprint density at radius 1 is 1.17 bits per heavy atom. The summed E-state index contributed by atoms with van der Waals surface area (Å²) in [6.45, 7) is 5.97. The van der Waals surface area contributed by atoms with Gasteiger partial charge in [0.1, 0.15) is 5.60 Å². The average molecular weight is 262 g/mol. The van der Waals surface area contributed by atoms with Gasteiger partial charge in [-0.2, -0.15) is 0 Å². The van der Waals surface area contributed by atoms with Crippen molar-refractivity contribution in [2.24, 2.45) is 17.8 Å². The molecule has 2 bridgehead atoms. The number of piperidine rings is 2. The maximum absolute atomic E-state index is 13.8. The van der Waals surface area contributed by atoms with Crippen LogP contribution in [-0.4, -0.2) is 37.3 Å². The largest absolute Gasteiger partial charge is 0.460 e. The van der Waals surface area contributed by atoms with Crippen LogP contribution in [0.15, 0.2) is 0 Å². The van der Waals surface area contributed by atoms with Gasteiger partial charge in [-0.15, -0.1) is 0 Å². The molecule has 4 atom stereocenters. The smallest absolute Gasteiger partial charge is 0.310 e. The summed E-state index contributed by atoms with van der Waals surface area (Å²) in [5.41, 5.74) is -0.638. The molecule has 4 unspecified atom stereocenters. The zero-order chi connectivity index (χ0) is 13.5. The van der Waals surface area contributed by atoms with Gasteiger partial charge >= 0.3 is 5.97 Å². The standard InChI is InChI=1S/C12H20F2N2O2/c1-12(2,3)18-11(17)8-6-4-15-5-7(8)10(14)16-9(6)13/h6-10,15-16H,4-5H2,1-3H3. The van der Waals surface area contributed by atoms with Crippen molar-refractivity contribution in [3.8, 4) is 0 Å². The molecule has 0 aromatic carbocycles. The predicted octanol–water partition coefficient (Wildman–Crippen LogP) is 0.974. The number of ether oxygens (including phenoxy) is 1. The lowest BCUT2D eigenvalue weighted by Gasteiger charge is -2.45. The van der Waals surface area contributed by atoms with Crippen molar-refractivity contribution in [2.75, 3.05) is 13.1 Å². The summed E-state index contributed by atoms with van der Waals surface area (Å²) in [6, 6.07) is 0. The highest BCUT2D eigenvalue weighted by atomic mass is 19.2. The van der Waals surface area contributed by atoms with Crippen molar-refractivity contribution in [2.45, 2.75) is 39.0 Å². The summed E-state index contributed by atoms with van der Waals surface area (Å²) in [5.74, 6) is -2.33. The Balaban J connectivity index is 2.16. The molecule has 0 aromatic heterocycles. The minimum Gasteiger partial charge on any atom is -0.460 e. The summed E-state index contributed by atoms with van der Waals surface area (Å²) in [6.07, 6.45) is -3.02. The molecule has 104 valence electrons. The second-order valence-corrected chi connectivity index (χ2v) is 6.02. The molecular weight excluding hydrogens is 242 g/mol. The molecular formula is C12H20F2N2O2. The molecule has 0 radical (unpaired) electrons. The summed E-state index contributed by atoms with van der Waals surface area (Å²) in [7, 11) is 0. The number of hydrogen-bond acceptors (Lipinski definition) is 4. The molecule has 0 saturated carbocycles. The lowest BCUT2D eigenvalue weighted by Crippen LogP contribution is -2.64. The summed E-state index contributed by atoms with van der Waals surface area (Å²) >= 11 is 0. The Labute approximate surface area is 105 Å². The molecule has 0 spiro atoms. The average Bonchev–Trinajstić information content (AvgIpc) is 2.23. The maximum atomic E-state index is 13.8. The number of rotatable bonds is 1. The van der Waals surface area contributed by atoms with Crippen molar-refractivity contribution in [1.29, 1.82) is 0 Å². The minimum absolute atomic E-state index is 0.362. The molecule has 2 rings (SSSR count). The van der Waals surface area contributed by atoms with E-state index in [-0.39, 0.29) is 0 Å². The van der Waals surface area contributed by atoms with Crippen LogP contribution in [0.3, 0.4) is 0 Å². The monoisotopic (exact) mass is 262 g/mol. The van der Waals surface area contributed by atoms with E-state index in [2.05, 4.69) is 10.6 Å². The van der Waals surface area contributed by atoms with Crippen molar-refractivity contribution in [1.82, 2.24) is 10.6 Å². The van der Waals surface area contributed by atoms with Gasteiger partial charge in [-0.25, -0.2) is 8.78 Å². The van der Waals surface area contributed by atoms with Gasteiger partial charge in [-0.3, -0.25) is 10.1 Å². The van der Waals surface area contributed by atoms with Gasteiger partial charge in [0.05, 0.1) is 5.92 Å². The van der Waals surface area contributed by atoms with Crippen LogP contribution in [0.25, 0.3) is 0 Å². The number of nitrogens with one attached hydrogen (secondary N) is 2. The van der Waals surface area contributed by atoms with Crippen molar-refractivity contribution in [3.05, 3.63) is 0 Å². The van der Waals surface area contributed by atoms with E-state index in [0.29, 0.717) is 13.1 Å². The molecule has 2 aliphatic heterocycles. The third kappa shape index (κ3) is 2.64. The van der Waals surface area contributed by atoms with Crippen LogP contribution < -0.4 is 10.6 Å². The molecule has 2 aliphatic rings. The van der Waals surface area contributed by atoms with E-state index in [9.17, 15) is 13.6 Å². The second-order valence-electron chi connectivity index (χ2n) is 6.02. The summed E-state index contributed by atoms with van der Waals surface area (Å²) in [4.78, 5) is 12.1. The number of carbonyl (C=O) groups excluding carboxylic acids is 1. The van der Waals surface area contributed by atoms with E-state index in [1.54, 1.807) is 20.8 Å². The number of hydrogen-bond donors (Lipinski definition) is 2. The first-order valence-electron chi connectivity index (χ1n) is 6.27. The van der Waals surface area contributed by atoms with Gasteiger partial charge in [0, 0.05) is 24.9 Å². The zero-order valence-electron chi connectivity index (χ0n) is 10.9. The molecule has 0 aliphatic carbocycles. The van der Waals surface area contributed by atoms with Gasteiger partial charge in [0.2, 0.25) is 0 Å². The Morgan fingerprint density at radius 3 is 2.11 bits per heavy atom. The van der Waals surface area contributed by atoms with Crippen molar-refractivity contribution in [3.63, 3.8) is 0 Å². The molecule has 2 N–H and O–H groups in total. The van der Waals surface area contributed by atoms with Crippen LogP contribution in [0.2, 0.25) is 0 Å². The van der Waals surface area contributed by atoms with Crippen LogP contribution in [0, 0.1) is 17.8 Å². The number of esters is 1. The summed E-state index contributed by atoms with van der Waals surface area (Å²) < 4.78 is 32.8. The number of fused-ring (bicyclic) bond motifs is 2. The lowest BCUT2D eigenvalue weighted by molar-refractivity contribution is -0.174. The van der Waals surface area contributed by atoms with Crippen molar-refractivity contribution < 1.29 is 18.3 Å². The third-order valence-corrected chi connectivity index (χ3v) is 3.43. The fourth-order valence-corrected chi connectivity index (χ4v) is 2.68. The first-order valence-corrected chi connectivity index (χ1v) is 6.27. The van der Waals surface area contributed by atoms with Crippen LogP contribution in [-0.2, 0) is 9.53 Å². The van der Waals surface area contributed by atoms with E-state index >= 15 is 0 Å². The fraction of sp³-hybridized carbons (Fsp3) is 0.917. The van der Waals surface area contributed by atoms with Gasteiger partial charge in [-0.1, -0.05) is 0 Å². The Morgan fingerprint density at radius 2 is 1.67 bits per heavy atom. The van der Waals surface area contributed by atoms with Crippen molar-refractivity contribution >= 4 is 5.97 Å². The molecule has 0 aromatic rings. The lowest BCUT2D eigenvalue weighted by atomic mass is 9.74. The highest BCUT2D eigenvalue weighted by Gasteiger charge is 2.51. The van der Waals surface area contributed by atoms with Crippen LogP contribution in [0.5, 0.6) is 0 Å². The molecule has 6 heteroatoms. The molecule has 2 fully saturated rings. The Kier molecular flexibility index (Phi) is 3.60. The van der Waals surface area contributed by atoms with Gasteiger partial charge in [0.25, 0.3) is 0 Å². The summed E-state index contributed by atoms with van der Waals surface area (Å²) in [5, 5.41) is 5.22. The molecule has 2 heterocycles. The predicted molar refractivity (Wildman–Crippen MR) is 62.1 cm³/mol. The normalized spacial score (nSPS) is 40.4. The zero-order valence-corrected chi connectivity index (χ0v) is 10.9. The Bertz CT molecular complexity index is 317. The van der Waals surface area contributed by atoms with E-state index < -0.39 is 41.9 Å². The van der Waals surface area contributed by atoms with Crippen LogP contribution >= 0.6 is 0 Å². The van der Waals surface area contributed by atoms with E-state index in [1.807, 2.05) is 0 Å². The van der Waals surface area contributed by atoms with Crippen LogP contribution in [0.4, 0.5) is 8.78 Å². The molecule has 4 nitrogen and oxygen atoms in total. The quantitative estimate of drug-likeness (QED) is 0.546. The highest BCUT2D eigenvalue weighted by Crippen LogP contribution is 2.36. The maximum Gasteiger partial charge on any atom is 0.310 e. The molecule has 2 saturated heterocycles. The first-order chi connectivity index (χ1) is 8.29. The third-order valence-electron chi connectivity index (χ3n) is 3.43. The van der Waals surface area contributed by atoms with E-state index in [1.165, 1.54) is 0 Å². The number of alkyl halides is 2. The number of halogens is 2. The van der Waals surface area contributed by atoms with Gasteiger partial charge in [0.15, 0.2) is 12.6 Å². The fourth-order valence-electron chi connectivity index (χ4n) is 2.68.